The maximum atomic E-state index is 11.6. The van der Waals surface area contributed by atoms with Crippen molar-refractivity contribution in [2.24, 2.45) is 0 Å². The van der Waals surface area contributed by atoms with E-state index in [0.29, 0.717) is 17.7 Å². The van der Waals surface area contributed by atoms with Crippen LogP contribution in [0.4, 0.5) is 0 Å². The van der Waals surface area contributed by atoms with Gasteiger partial charge in [-0.2, -0.15) is 0 Å². The van der Waals surface area contributed by atoms with E-state index in [1.807, 2.05) is 0 Å². The van der Waals surface area contributed by atoms with Crippen LogP contribution in [0.25, 0.3) is 0 Å². The first-order valence-electron chi connectivity index (χ1n) is 5.14. The number of amides is 1. The van der Waals surface area contributed by atoms with Crippen LogP contribution in [0.15, 0.2) is 24.3 Å². The summed E-state index contributed by atoms with van der Waals surface area (Å²) in [6, 6.07) is 6.93. The van der Waals surface area contributed by atoms with Crippen LogP contribution in [0.1, 0.15) is 23.7 Å². The fourth-order valence-corrected chi connectivity index (χ4v) is 1.23. The second kappa shape index (κ2) is 5.90. The lowest BCUT2D eigenvalue weighted by molar-refractivity contribution is -0.122. The maximum absolute atomic E-state index is 11.6. The van der Waals surface area contributed by atoms with E-state index in [1.165, 1.54) is 7.05 Å². The molecule has 0 aliphatic rings. The van der Waals surface area contributed by atoms with Gasteiger partial charge in [0.15, 0.2) is 12.4 Å². The predicted molar refractivity (Wildman–Crippen MR) is 60.6 cm³/mol. The van der Waals surface area contributed by atoms with Crippen LogP contribution in [0.5, 0.6) is 5.75 Å². The van der Waals surface area contributed by atoms with Gasteiger partial charge in [0.1, 0.15) is 5.75 Å². The standard InChI is InChI=1S/C12H15NO3/c1-3-10(14)9-6-4-5-7-11(9)16-8-12(15)13-2/h4-7H,3,8H2,1-2H3,(H,13,15). The third-order valence-electron chi connectivity index (χ3n) is 2.15. The Labute approximate surface area is 94.6 Å². The summed E-state index contributed by atoms with van der Waals surface area (Å²) < 4.78 is 5.28. The number of ketones is 1. The molecule has 0 heterocycles. The first-order valence-corrected chi connectivity index (χ1v) is 5.14. The maximum Gasteiger partial charge on any atom is 0.257 e. The zero-order valence-electron chi connectivity index (χ0n) is 9.45. The van der Waals surface area contributed by atoms with Crippen molar-refractivity contribution in [1.82, 2.24) is 5.32 Å². The van der Waals surface area contributed by atoms with E-state index in [0.717, 1.165) is 0 Å². The van der Waals surface area contributed by atoms with Crippen LogP contribution in [-0.4, -0.2) is 25.3 Å². The summed E-state index contributed by atoms with van der Waals surface area (Å²) in [6.07, 6.45) is 0.417. The van der Waals surface area contributed by atoms with Crippen molar-refractivity contribution in [3.8, 4) is 5.75 Å². The Kier molecular flexibility index (Phi) is 4.51. The van der Waals surface area contributed by atoms with E-state index < -0.39 is 0 Å². The molecule has 4 heteroatoms. The molecule has 0 fully saturated rings. The van der Waals surface area contributed by atoms with E-state index in [1.54, 1.807) is 31.2 Å². The van der Waals surface area contributed by atoms with E-state index in [9.17, 15) is 9.59 Å². The van der Waals surface area contributed by atoms with Gasteiger partial charge in [0.25, 0.3) is 5.91 Å². The predicted octanol–water partition coefficient (Wildman–Crippen LogP) is 1.40. The van der Waals surface area contributed by atoms with Gasteiger partial charge in [-0.25, -0.2) is 0 Å². The average molecular weight is 221 g/mol. The third kappa shape index (κ3) is 3.08. The molecule has 1 aromatic rings. The lowest BCUT2D eigenvalue weighted by Crippen LogP contribution is -2.25. The minimum atomic E-state index is -0.223. The highest BCUT2D eigenvalue weighted by Crippen LogP contribution is 2.19. The van der Waals surface area contributed by atoms with Crippen molar-refractivity contribution >= 4 is 11.7 Å². The molecule has 0 aliphatic heterocycles. The number of ether oxygens (including phenoxy) is 1. The normalized spacial score (nSPS) is 9.62. The molecule has 0 saturated carbocycles. The van der Waals surface area contributed by atoms with Crippen molar-refractivity contribution in [3.63, 3.8) is 0 Å². The van der Waals surface area contributed by atoms with Crippen LogP contribution in [0.3, 0.4) is 0 Å². The summed E-state index contributed by atoms with van der Waals surface area (Å²) in [7, 11) is 1.54. The SMILES string of the molecule is CCC(=O)c1ccccc1OCC(=O)NC. The molecule has 1 aromatic carbocycles. The van der Waals surface area contributed by atoms with Gasteiger partial charge in [-0.15, -0.1) is 0 Å². The number of rotatable bonds is 5. The molecule has 0 spiro atoms. The molecule has 0 aromatic heterocycles. The highest BCUT2D eigenvalue weighted by atomic mass is 16.5. The largest absolute Gasteiger partial charge is 0.483 e. The highest BCUT2D eigenvalue weighted by molar-refractivity contribution is 5.98. The van der Waals surface area contributed by atoms with Gasteiger partial charge in [0, 0.05) is 13.5 Å². The van der Waals surface area contributed by atoms with Crippen molar-refractivity contribution in [1.29, 1.82) is 0 Å². The third-order valence-corrected chi connectivity index (χ3v) is 2.15. The van der Waals surface area contributed by atoms with Crippen LogP contribution in [-0.2, 0) is 4.79 Å². The summed E-state index contributed by atoms with van der Waals surface area (Å²) in [6.45, 7) is 1.71. The lowest BCUT2D eigenvalue weighted by atomic mass is 10.1. The molecule has 1 amide bonds. The second-order valence-corrected chi connectivity index (χ2v) is 3.23. The second-order valence-electron chi connectivity index (χ2n) is 3.23. The number of benzene rings is 1. The molecule has 0 atom stereocenters. The number of nitrogens with one attached hydrogen (secondary N) is 1. The summed E-state index contributed by atoms with van der Waals surface area (Å²) >= 11 is 0. The zero-order valence-corrected chi connectivity index (χ0v) is 9.45. The first kappa shape index (κ1) is 12.2. The van der Waals surface area contributed by atoms with Crippen LogP contribution < -0.4 is 10.1 Å². The zero-order chi connectivity index (χ0) is 12.0. The number of hydrogen-bond donors (Lipinski definition) is 1. The smallest absolute Gasteiger partial charge is 0.257 e. The molecule has 1 rings (SSSR count). The van der Waals surface area contributed by atoms with E-state index in [4.69, 9.17) is 4.74 Å². The summed E-state index contributed by atoms with van der Waals surface area (Å²) in [4.78, 5) is 22.6. The topological polar surface area (TPSA) is 55.4 Å². The molecule has 0 unspecified atom stereocenters. The number of likely N-dealkylation sites (N-methyl/N-ethyl adjacent to an activating group) is 1. The van der Waals surface area contributed by atoms with Crippen molar-refractivity contribution in [2.75, 3.05) is 13.7 Å². The minimum absolute atomic E-state index is 0.00695. The van der Waals surface area contributed by atoms with E-state index in [2.05, 4.69) is 5.32 Å². The number of Topliss-reactive ketones (excluding diaryl/α,β-unsaturated/α-hetero) is 1. The molecule has 0 radical (unpaired) electrons. The summed E-state index contributed by atoms with van der Waals surface area (Å²) in [5.41, 5.74) is 0.522. The lowest BCUT2D eigenvalue weighted by Gasteiger charge is -2.09. The number of carbonyl (C=O) groups excluding carboxylic acids is 2. The van der Waals surface area contributed by atoms with E-state index >= 15 is 0 Å². The van der Waals surface area contributed by atoms with Crippen LogP contribution in [0, 0.1) is 0 Å². The number of para-hydroxylation sites is 1. The highest BCUT2D eigenvalue weighted by Gasteiger charge is 2.10. The van der Waals surface area contributed by atoms with Crippen molar-refractivity contribution < 1.29 is 14.3 Å². The molecular formula is C12H15NO3. The van der Waals surface area contributed by atoms with Gasteiger partial charge in [-0.05, 0) is 12.1 Å². The van der Waals surface area contributed by atoms with Gasteiger partial charge in [0.2, 0.25) is 0 Å². The Hall–Kier alpha value is -1.84. The molecule has 4 nitrogen and oxygen atoms in total. The monoisotopic (exact) mass is 221 g/mol. The first-order chi connectivity index (χ1) is 7.69. The van der Waals surface area contributed by atoms with Gasteiger partial charge in [0.05, 0.1) is 5.56 Å². The van der Waals surface area contributed by atoms with Crippen LogP contribution >= 0.6 is 0 Å². The van der Waals surface area contributed by atoms with Crippen LogP contribution in [0.2, 0.25) is 0 Å². The average Bonchev–Trinajstić information content (AvgIpc) is 2.35. The number of carbonyl (C=O) groups is 2. The number of hydrogen-bond acceptors (Lipinski definition) is 3. The molecule has 86 valence electrons. The van der Waals surface area contributed by atoms with Crippen molar-refractivity contribution in [3.05, 3.63) is 29.8 Å². The summed E-state index contributed by atoms with van der Waals surface area (Å²) in [5, 5.41) is 2.45. The quantitative estimate of drug-likeness (QED) is 0.765. The minimum Gasteiger partial charge on any atom is -0.483 e. The summed E-state index contributed by atoms with van der Waals surface area (Å²) in [5.74, 6) is 0.240. The Morgan fingerprint density at radius 3 is 2.62 bits per heavy atom. The van der Waals surface area contributed by atoms with Gasteiger partial charge < -0.3 is 10.1 Å². The van der Waals surface area contributed by atoms with Crippen molar-refractivity contribution in [2.45, 2.75) is 13.3 Å². The van der Waals surface area contributed by atoms with Gasteiger partial charge >= 0.3 is 0 Å². The Morgan fingerprint density at radius 2 is 2.00 bits per heavy atom. The van der Waals surface area contributed by atoms with E-state index in [-0.39, 0.29) is 18.3 Å². The molecule has 16 heavy (non-hydrogen) atoms. The Morgan fingerprint density at radius 1 is 1.31 bits per heavy atom. The Bertz CT molecular complexity index is 388. The fourth-order valence-electron chi connectivity index (χ4n) is 1.23. The molecule has 0 saturated heterocycles. The van der Waals surface area contributed by atoms with Gasteiger partial charge in [-0.3, -0.25) is 9.59 Å². The molecule has 1 N–H and O–H groups in total. The Balaban J connectivity index is 2.79. The van der Waals surface area contributed by atoms with Gasteiger partial charge in [-0.1, -0.05) is 19.1 Å². The molecule has 0 bridgehead atoms. The molecule has 0 aliphatic carbocycles. The fraction of sp³-hybridized carbons (Fsp3) is 0.333. The molecular weight excluding hydrogens is 206 g/mol.